The zero-order valence-corrected chi connectivity index (χ0v) is 29.7. The van der Waals surface area contributed by atoms with Gasteiger partial charge in [-0.05, 0) is 51.4 Å². The molecule has 0 rings (SSSR count). The lowest BCUT2D eigenvalue weighted by Crippen LogP contribution is -2.37. The van der Waals surface area contributed by atoms with Crippen molar-refractivity contribution in [2.45, 2.75) is 116 Å². The molecule has 2 N–H and O–H groups in total. The molecule has 0 heterocycles. The standard InChI is InChI=1S/C36H64NO7P/c1-5-6-7-8-9-10-11-12-13-14-15-16-17-18-19-20-21-22-23-24-25-26-27-28-29-30-36(39)42-33-35(38)34-44-45(40,41)43-32-31-37(2,3)4/h6-7,9-10,12-13,15-16,18-19,35,38H,5,8,11,14,17,20-34H2,1-4H3/p+1/b7-6-,10-9-,13-12-,16-15-,19-18-. The van der Waals surface area contributed by atoms with Gasteiger partial charge in [-0.2, -0.15) is 0 Å². The van der Waals surface area contributed by atoms with E-state index >= 15 is 0 Å². The summed E-state index contributed by atoms with van der Waals surface area (Å²) in [4.78, 5) is 21.6. The molecule has 9 heteroatoms. The number of phosphoric acid groups is 1. The zero-order chi connectivity index (χ0) is 33.5. The first kappa shape index (κ1) is 43.2. The molecule has 0 saturated heterocycles. The van der Waals surface area contributed by atoms with Crippen LogP contribution in [-0.2, 0) is 23.1 Å². The van der Waals surface area contributed by atoms with E-state index in [-0.39, 0.29) is 19.2 Å². The Bertz CT molecular complexity index is 906. The number of esters is 1. The number of nitrogens with zero attached hydrogens (tertiary/aromatic N) is 1. The Morgan fingerprint density at radius 2 is 1.16 bits per heavy atom. The Morgan fingerprint density at radius 3 is 1.67 bits per heavy atom. The van der Waals surface area contributed by atoms with Crippen molar-refractivity contribution in [1.29, 1.82) is 0 Å². The minimum Gasteiger partial charge on any atom is -0.463 e. The third-order valence-electron chi connectivity index (χ3n) is 6.79. The molecule has 45 heavy (non-hydrogen) atoms. The molecule has 0 amide bonds. The summed E-state index contributed by atoms with van der Waals surface area (Å²) in [7, 11) is 1.55. The Kier molecular flexibility index (Phi) is 28.4. The number of hydrogen-bond acceptors (Lipinski definition) is 6. The smallest absolute Gasteiger partial charge is 0.463 e. The molecular weight excluding hydrogens is 589 g/mol. The average molecular weight is 655 g/mol. The van der Waals surface area contributed by atoms with Gasteiger partial charge < -0.3 is 19.2 Å². The molecule has 0 aromatic heterocycles. The van der Waals surface area contributed by atoms with E-state index in [1.807, 2.05) is 21.1 Å². The lowest BCUT2D eigenvalue weighted by atomic mass is 10.1. The minimum absolute atomic E-state index is 0.0504. The number of hydrogen-bond donors (Lipinski definition) is 2. The number of quaternary nitrogens is 1. The Balaban J connectivity index is 3.55. The third kappa shape index (κ3) is 34.9. The van der Waals surface area contributed by atoms with Crippen molar-refractivity contribution in [3.8, 4) is 0 Å². The van der Waals surface area contributed by atoms with Crippen molar-refractivity contribution in [3.05, 3.63) is 60.8 Å². The first-order chi connectivity index (χ1) is 21.6. The van der Waals surface area contributed by atoms with Crippen LogP contribution >= 0.6 is 7.82 Å². The van der Waals surface area contributed by atoms with Crippen LogP contribution in [0.2, 0.25) is 0 Å². The van der Waals surface area contributed by atoms with Crippen molar-refractivity contribution in [2.75, 3.05) is 47.5 Å². The zero-order valence-electron chi connectivity index (χ0n) is 28.8. The molecule has 0 aromatic carbocycles. The van der Waals surface area contributed by atoms with Crippen LogP contribution in [0.15, 0.2) is 60.8 Å². The number of rotatable bonds is 30. The quantitative estimate of drug-likeness (QED) is 0.0262. The van der Waals surface area contributed by atoms with Crippen LogP contribution in [0.1, 0.15) is 110 Å². The van der Waals surface area contributed by atoms with E-state index in [4.69, 9.17) is 13.8 Å². The molecule has 0 radical (unpaired) electrons. The molecule has 0 aliphatic rings. The second kappa shape index (κ2) is 29.6. The molecule has 0 aromatic rings. The van der Waals surface area contributed by atoms with Gasteiger partial charge in [-0.15, -0.1) is 0 Å². The van der Waals surface area contributed by atoms with E-state index in [1.165, 1.54) is 38.5 Å². The second-order valence-corrected chi connectivity index (χ2v) is 13.8. The molecule has 8 nitrogen and oxygen atoms in total. The first-order valence-corrected chi connectivity index (χ1v) is 18.6. The molecule has 260 valence electrons. The van der Waals surface area contributed by atoms with E-state index in [0.717, 1.165) is 57.8 Å². The highest BCUT2D eigenvalue weighted by Gasteiger charge is 2.24. The molecule has 2 unspecified atom stereocenters. The summed E-state index contributed by atoms with van der Waals surface area (Å²) in [6.07, 6.45) is 38.0. The van der Waals surface area contributed by atoms with Crippen LogP contribution in [0.4, 0.5) is 0 Å². The number of aliphatic hydroxyl groups is 1. The summed E-state index contributed by atoms with van der Waals surface area (Å²) in [6.45, 7) is 2.00. The Labute approximate surface area is 275 Å². The van der Waals surface area contributed by atoms with Gasteiger partial charge in [0.15, 0.2) is 0 Å². The van der Waals surface area contributed by atoms with Gasteiger partial charge in [0.2, 0.25) is 0 Å². The summed E-state index contributed by atoms with van der Waals surface area (Å²) < 4.78 is 27.2. The van der Waals surface area contributed by atoms with Gasteiger partial charge in [-0.1, -0.05) is 113 Å². The van der Waals surface area contributed by atoms with E-state index in [0.29, 0.717) is 17.4 Å². The second-order valence-electron chi connectivity index (χ2n) is 12.4. The maximum atomic E-state index is 11.9. The number of likely N-dealkylation sites (N-methyl/N-ethyl adjacent to an activating group) is 1. The van der Waals surface area contributed by atoms with Gasteiger partial charge in [0, 0.05) is 6.42 Å². The minimum atomic E-state index is -4.25. The molecule has 0 spiro atoms. The number of ether oxygens (including phenoxy) is 1. The van der Waals surface area contributed by atoms with Crippen molar-refractivity contribution >= 4 is 13.8 Å². The van der Waals surface area contributed by atoms with Crippen LogP contribution < -0.4 is 0 Å². The highest BCUT2D eigenvalue weighted by molar-refractivity contribution is 7.47. The van der Waals surface area contributed by atoms with Gasteiger partial charge in [0.1, 0.15) is 25.9 Å². The average Bonchev–Trinajstić information content (AvgIpc) is 2.98. The normalized spacial score (nSPS) is 14.9. The Morgan fingerprint density at radius 1 is 0.689 bits per heavy atom. The lowest BCUT2D eigenvalue weighted by molar-refractivity contribution is -0.870. The largest absolute Gasteiger partial charge is 0.472 e. The van der Waals surface area contributed by atoms with Crippen molar-refractivity contribution in [1.82, 2.24) is 0 Å². The van der Waals surface area contributed by atoms with E-state index in [2.05, 4.69) is 67.7 Å². The van der Waals surface area contributed by atoms with Gasteiger partial charge >= 0.3 is 13.8 Å². The van der Waals surface area contributed by atoms with Crippen LogP contribution in [0.5, 0.6) is 0 Å². The fraction of sp³-hybridized carbons (Fsp3) is 0.694. The highest BCUT2D eigenvalue weighted by atomic mass is 31.2. The SMILES string of the molecule is CC/C=C\C/C=C\C/C=C\C/C=C\C/C=C\CCCCCCCCCCCC(=O)OCC(O)COP(=O)(O)OCC[N+](C)(C)C. The molecule has 0 bridgehead atoms. The van der Waals surface area contributed by atoms with Gasteiger partial charge in [-0.3, -0.25) is 13.8 Å². The molecule has 0 saturated carbocycles. The predicted molar refractivity (Wildman–Crippen MR) is 187 cm³/mol. The van der Waals surface area contributed by atoms with Gasteiger partial charge in [0.25, 0.3) is 0 Å². The summed E-state index contributed by atoms with van der Waals surface area (Å²) in [6, 6.07) is 0. The van der Waals surface area contributed by atoms with Crippen molar-refractivity contribution in [2.24, 2.45) is 0 Å². The molecule has 0 fully saturated rings. The molecule has 0 aliphatic heterocycles. The van der Waals surface area contributed by atoms with Crippen LogP contribution in [0.25, 0.3) is 0 Å². The fourth-order valence-electron chi connectivity index (χ4n) is 4.09. The number of carbonyl (C=O) groups is 1. The number of aliphatic hydroxyl groups excluding tert-OH is 1. The maximum Gasteiger partial charge on any atom is 0.472 e. The predicted octanol–water partition coefficient (Wildman–Crippen LogP) is 8.77. The Hall–Kier alpha value is -1.80. The topological polar surface area (TPSA) is 102 Å². The van der Waals surface area contributed by atoms with E-state index in [1.54, 1.807) is 0 Å². The molecular formula is C36H65NO7P+. The summed E-state index contributed by atoms with van der Waals surface area (Å²) in [5.41, 5.74) is 0. The fourth-order valence-corrected chi connectivity index (χ4v) is 4.84. The van der Waals surface area contributed by atoms with Crippen molar-refractivity contribution in [3.63, 3.8) is 0 Å². The summed E-state index contributed by atoms with van der Waals surface area (Å²) >= 11 is 0. The van der Waals surface area contributed by atoms with Gasteiger partial charge in [-0.25, -0.2) is 4.57 Å². The monoisotopic (exact) mass is 654 g/mol. The summed E-state index contributed by atoms with van der Waals surface area (Å²) in [5, 5.41) is 9.88. The van der Waals surface area contributed by atoms with Crippen LogP contribution in [-0.4, -0.2) is 74.1 Å². The highest BCUT2D eigenvalue weighted by Crippen LogP contribution is 2.43. The lowest BCUT2D eigenvalue weighted by Gasteiger charge is -2.24. The van der Waals surface area contributed by atoms with E-state index in [9.17, 15) is 19.4 Å². The molecule has 2 atom stereocenters. The number of phosphoric ester groups is 1. The molecule has 0 aliphatic carbocycles. The van der Waals surface area contributed by atoms with Gasteiger partial charge in [0.05, 0.1) is 27.7 Å². The van der Waals surface area contributed by atoms with E-state index < -0.39 is 20.5 Å². The number of allylic oxidation sites excluding steroid dienone is 10. The third-order valence-corrected chi connectivity index (χ3v) is 7.78. The number of unbranched alkanes of at least 4 members (excludes halogenated alkanes) is 9. The van der Waals surface area contributed by atoms with Crippen LogP contribution in [0.3, 0.4) is 0 Å². The first-order valence-electron chi connectivity index (χ1n) is 17.1. The number of carbonyl (C=O) groups excluding carboxylic acids is 1. The summed E-state index contributed by atoms with van der Waals surface area (Å²) in [5.74, 6) is -0.382. The maximum absolute atomic E-state index is 11.9. The van der Waals surface area contributed by atoms with Crippen molar-refractivity contribution < 1.29 is 37.6 Å². The van der Waals surface area contributed by atoms with Crippen LogP contribution in [0, 0.1) is 0 Å².